The van der Waals surface area contributed by atoms with Crippen molar-refractivity contribution in [3.05, 3.63) is 29.3 Å². The second-order valence-electron chi connectivity index (χ2n) is 3.84. The van der Waals surface area contributed by atoms with Gasteiger partial charge in [-0.25, -0.2) is 0 Å². The van der Waals surface area contributed by atoms with E-state index in [2.05, 4.69) is 4.90 Å². The summed E-state index contributed by atoms with van der Waals surface area (Å²) < 4.78 is 0. The molecule has 86 valence electrons. The van der Waals surface area contributed by atoms with Crippen LogP contribution in [-0.2, 0) is 0 Å². The molecule has 3 N–H and O–H groups in total. The van der Waals surface area contributed by atoms with Crippen LogP contribution in [-0.4, -0.2) is 37.0 Å². The zero-order valence-electron chi connectivity index (χ0n) is 8.99. The third-order valence-electron chi connectivity index (χ3n) is 2.81. The minimum Gasteiger partial charge on any atom is -0.370 e. The Bertz CT molecular complexity index is 368. The molecule has 2 rings (SSSR count). The van der Waals surface area contributed by atoms with Crippen LogP contribution in [0.15, 0.2) is 24.3 Å². The van der Waals surface area contributed by atoms with Gasteiger partial charge in [-0.1, -0.05) is 11.6 Å². The summed E-state index contributed by atoms with van der Waals surface area (Å²) in [4.78, 5) is 4.15. The van der Waals surface area contributed by atoms with Gasteiger partial charge < -0.3 is 15.5 Å². The van der Waals surface area contributed by atoms with E-state index in [-0.39, 0.29) is 5.96 Å². The molecule has 0 radical (unpaired) electrons. The van der Waals surface area contributed by atoms with Gasteiger partial charge in [0.1, 0.15) is 0 Å². The maximum atomic E-state index is 7.36. The normalized spacial score (nSPS) is 16.3. The van der Waals surface area contributed by atoms with Crippen molar-refractivity contribution in [3.63, 3.8) is 0 Å². The maximum absolute atomic E-state index is 7.36. The minimum absolute atomic E-state index is 0.163. The fourth-order valence-corrected chi connectivity index (χ4v) is 1.98. The Balaban J connectivity index is 1.99. The topological polar surface area (TPSA) is 56.4 Å². The first-order valence-corrected chi connectivity index (χ1v) is 5.64. The average Bonchev–Trinajstić information content (AvgIpc) is 2.30. The molecule has 0 amide bonds. The molecule has 0 aromatic heterocycles. The third-order valence-corrected chi connectivity index (χ3v) is 3.06. The summed E-state index contributed by atoms with van der Waals surface area (Å²) in [5.41, 5.74) is 6.62. The van der Waals surface area contributed by atoms with Crippen molar-refractivity contribution in [1.82, 2.24) is 4.90 Å². The lowest BCUT2D eigenvalue weighted by molar-refractivity contribution is 0.380. The zero-order chi connectivity index (χ0) is 11.5. The number of nitrogens with two attached hydrogens (primary N) is 1. The van der Waals surface area contributed by atoms with Gasteiger partial charge in [0, 0.05) is 36.9 Å². The highest BCUT2D eigenvalue weighted by atomic mass is 35.5. The number of guanidine groups is 1. The smallest absolute Gasteiger partial charge is 0.188 e. The first-order valence-electron chi connectivity index (χ1n) is 5.26. The van der Waals surface area contributed by atoms with Crippen molar-refractivity contribution >= 4 is 23.2 Å². The fourth-order valence-electron chi connectivity index (χ4n) is 1.86. The van der Waals surface area contributed by atoms with Crippen molar-refractivity contribution in [1.29, 1.82) is 5.41 Å². The van der Waals surface area contributed by atoms with Crippen molar-refractivity contribution in [2.75, 3.05) is 31.1 Å². The van der Waals surface area contributed by atoms with Crippen LogP contribution >= 0.6 is 11.6 Å². The van der Waals surface area contributed by atoms with Crippen LogP contribution in [0.5, 0.6) is 0 Å². The quantitative estimate of drug-likeness (QED) is 0.574. The van der Waals surface area contributed by atoms with Crippen LogP contribution in [0.25, 0.3) is 0 Å². The molecule has 1 fully saturated rings. The lowest BCUT2D eigenvalue weighted by Gasteiger charge is -2.36. The number of anilines is 1. The lowest BCUT2D eigenvalue weighted by Crippen LogP contribution is -2.50. The molecule has 0 bridgehead atoms. The van der Waals surface area contributed by atoms with Gasteiger partial charge in [0.25, 0.3) is 0 Å². The molecule has 0 spiro atoms. The minimum atomic E-state index is 0.163. The summed E-state index contributed by atoms with van der Waals surface area (Å²) in [6.07, 6.45) is 0. The molecule has 4 nitrogen and oxygen atoms in total. The highest BCUT2D eigenvalue weighted by molar-refractivity contribution is 6.30. The largest absolute Gasteiger partial charge is 0.370 e. The highest BCUT2D eigenvalue weighted by Crippen LogP contribution is 2.19. The van der Waals surface area contributed by atoms with E-state index < -0.39 is 0 Å². The standard InChI is InChI=1S/C11H15ClN4/c12-9-1-3-10(4-2-9)15-5-7-16(8-6-15)11(13)14/h1-4H,5-8H2,(H3,13,14). The Morgan fingerprint density at radius 3 is 2.19 bits per heavy atom. The molecule has 0 saturated carbocycles. The van der Waals surface area contributed by atoms with Crippen LogP contribution in [0.2, 0.25) is 5.02 Å². The van der Waals surface area contributed by atoms with Crippen LogP contribution in [0.4, 0.5) is 5.69 Å². The number of nitrogens with one attached hydrogen (secondary N) is 1. The zero-order valence-corrected chi connectivity index (χ0v) is 9.74. The van der Waals surface area contributed by atoms with Crippen molar-refractivity contribution in [2.24, 2.45) is 5.73 Å². The van der Waals surface area contributed by atoms with Gasteiger partial charge in [-0.05, 0) is 24.3 Å². The molecule has 1 aromatic carbocycles. The molecule has 0 atom stereocenters. The van der Waals surface area contributed by atoms with Gasteiger partial charge in [-0.2, -0.15) is 0 Å². The first-order chi connectivity index (χ1) is 7.66. The molecule has 1 saturated heterocycles. The van der Waals surface area contributed by atoms with Crippen molar-refractivity contribution in [3.8, 4) is 0 Å². The second-order valence-corrected chi connectivity index (χ2v) is 4.27. The summed E-state index contributed by atoms with van der Waals surface area (Å²) >= 11 is 5.84. The molecule has 1 aromatic rings. The van der Waals surface area contributed by atoms with E-state index in [0.29, 0.717) is 0 Å². The molecular weight excluding hydrogens is 224 g/mol. The van der Waals surface area contributed by atoms with Gasteiger partial charge in [0.15, 0.2) is 5.96 Å². The molecule has 16 heavy (non-hydrogen) atoms. The fraction of sp³-hybridized carbons (Fsp3) is 0.364. The Labute approximate surface area is 100 Å². The second kappa shape index (κ2) is 4.61. The Morgan fingerprint density at radius 1 is 1.12 bits per heavy atom. The average molecular weight is 239 g/mol. The van der Waals surface area contributed by atoms with E-state index in [1.165, 1.54) is 5.69 Å². The SMILES string of the molecule is N=C(N)N1CCN(c2ccc(Cl)cc2)CC1. The summed E-state index contributed by atoms with van der Waals surface area (Å²) in [6, 6.07) is 7.83. The van der Waals surface area contributed by atoms with Crippen molar-refractivity contribution < 1.29 is 0 Å². The van der Waals surface area contributed by atoms with Gasteiger partial charge in [-0.15, -0.1) is 0 Å². The molecular formula is C11H15ClN4. The van der Waals surface area contributed by atoms with E-state index in [0.717, 1.165) is 31.2 Å². The summed E-state index contributed by atoms with van der Waals surface area (Å²) in [7, 11) is 0. The van der Waals surface area contributed by atoms with E-state index >= 15 is 0 Å². The first kappa shape index (κ1) is 11.1. The van der Waals surface area contributed by atoms with Gasteiger partial charge in [0.05, 0.1) is 0 Å². The van der Waals surface area contributed by atoms with E-state index in [9.17, 15) is 0 Å². The van der Waals surface area contributed by atoms with Crippen molar-refractivity contribution in [2.45, 2.75) is 0 Å². The van der Waals surface area contributed by atoms with Gasteiger partial charge in [0.2, 0.25) is 0 Å². The number of piperazine rings is 1. The number of hydrogen-bond acceptors (Lipinski definition) is 2. The monoisotopic (exact) mass is 238 g/mol. The van der Waals surface area contributed by atoms with Crippen LogP contribution in [0, 0.1) is 5.41 Å². The van der Waals surface area contributed by atoms with Gasteiger partial charge in [-0.3, -0.25) is 5.41 Å². The number of hydrogen-bond donors (Lipinski definition) is 2. The summed E-state index contributed by atoms with van der Waals surface area (Å²) in [5, 5.41) is 8.11. The Kier molecular flexibility index (Phi) is 3.19. The van der Waals surface area contributed by atoms with Crippen LogP contribution in [0.3, 0.4) is 0 Å². The number of rotatable bonds is 1. The van der Waals surface area contributed by atoms with Gasteiger partial charge >= 0.3 is 0 Å². The highest BCUT2D eigenvalue weighted by Gasteiger charge is 2.17. The Morgan fingerprint density at radius 2 is 1.69 bits per heavy atom. The van der Waals surface area contributed by atoms with E-state index in [1.54, 1.807) is 0 Å². The molecule has 1 aliphatic heterocycles. The molecule has 0 aliphatic carbocycles. The van der Waals surface area contributed by atoms with Crippen LogP contribution < -0.4 is 10.6 Å². The number of halogens is 1. The molecule has 5 heteroatoms. The van der Waals surface area contributed by atoms with Crippen LogP contribution in [0.1, 0.15) is 0 Å². The predicted molar refractivity (Wildman–Crippen MR) is 67.2 cm³/mol. The molecule has 0 unspecified atom stereocenters. The van der Waals surface area contributed by atoms with E-state index in [4.69, 9.17) is 22.7 Å². The molecule has 1 aliphatic rings. The predicted octanol–water partition coefficient (Wildman–Crippen LogP) is 1.36. The summed E-state index contributed by atoms with van der Waals surface area (Å²) in [6.45, 7) is 3.39. The maximum Gasteiger partial charge on any atom is 0.188 e. The third kappa shape index (κ3) is 2.39. The Hall–Kier alpha value is -1.42. The lowest BCUT2D eigenvalue weighted by atomic mass is 10.2. The summed E-state index contributed by atoms with van der Waals surface area (Å²) in [5.74, 6) is 0.163. The van der Waals surface area contributed by atoms with E-state index in [1.807, 2.05) is 29.2 Å². The number of nitrogens with zero attached hydrogens (tertiary/aromatic N) is 2. The number of benzene rings is 1. The molecule has 1 heterocycles.